The molecule has 0 saturated heterocycles. The van der Waals surface area contributed by atoms with E-state index in [0.717, 1.165) is 15.7 Å². The molecule has 2 rings (SSSR count). The molecule has 18 heavy (non-hydrogen) atoms. The van der Waals surface area contributed by atoms with Crippen molar-refractivity contribution in [1.82, 2.24) is 0 Å². The third-order valence-corrected chi connectivity index (χ3v) is 2.76. The number of nitrogens with one attached hydrogen (secondary N) is 1. The van der Waals surface area contributed by atoms with Crippen molar-refractivity contribution in [3.8, 4) is 0 Å². The minimum Gasteiger partial charge on any atom is -0.278 e. The number of nitrogens with zero attached hydrogens (tertiary/aromatic N) is 1. The zero-order chi connectivity index (χ0) is 12.6. The van der Waals surface area contributed by atoms with E-state index in [-0.39, 0.29) is 0 Å². The van der Waals surface area contributed by atoms with Gasteiger partial charge in [0.05, 0.1) is 5.69 Å². The Labute approximate surface area is 115 Å². The fourth-order valence-corrected chi connectivity index (χ4v) is 1.83. The average molecular weight is 301 g/mol. The molecule has 0 spiro atoms. The number of benzene rings is 2. The van der Waals surface area contributed by atoms with Crippen LogP contribution in [0.15, 0.2) is 70.2 Å². The molecule has 1 N–H and O–H groups in total. The number of rotatable bonds is 4. The molecule has 3 heteroatoms. The molecule has 2 aromatic rings. The highest BCUT2D eigenvalue weighted by atomic mass is 79.9. The molecule has 0 heterocycles. The average Bonchev–Trinajstić information content (AvgIpc) is 2.40. The topological polar surface area (TPSA) is 24.4 Å². The predicted molar refractivity (Wildman–Crippen MR) is 81.7 cm³/mol. The summed E-state index contributed by atoms with van der Waals surface area (Å²) in [6.45, 7) is 0. The SMILES string of the molecule is Brc1cccc(NN=CC=Cc2ccccc2)c1. The lowest BCUT2D eigenvalue weighted by molar-refractivity contribution is 1.35. The maximum absolute atomic E-state index is 4.12. The number of hydrazone groups is 1. The molecule has 0 saturated carbocycles. The van der Waals surface area contributed by atoms with Gasteiger partial charge >= 0.3 is 0 Å². The Morgan fingerprint density at radius 3 is 2.61 bits per heavy atom. The molecule has 0 aromatic heterocycles. The molecule has 90 valence electrons. The van der Waals surface area contributed by atoms with Crippen molar-refractivity contribution >= 4 is 33.9 Å². The number of anilines is 1. The molecule has 0 aliphatic heterocycles. The van der Waals surface area contributed by atoms with Crippen LogP contribution in [-0.2, 0) is 0 Å². The van der Waals surface area contributed by atoms with Gasteiger partial charge in [0.1, 0.15) is 0 Å². The summed E-state index contributed by atoms with van der Waals surface area (Å²) in [5.41, 5.74) is 5.07. The summed E-state index contributed by atoms with van der Waals surface area (Å²) < 4.78 is 1.03. The van der Waals surface area contributed by atoms with Gasteiger partial charge in [-0.2, -0.15) is 5.10 Å². The van der Waals surface area contributed by atoms with E-state index < -0.39 is 0 Å². The van der Waals surface area contributed by atoms with Crippen molar-refractivity contribution in [3.63, 3.8) is 0 Å². The molecule has 2 aromatic carbocycles. The Balaban J connectivity index is 1.87. The van der Waals surface area contributed by atoms with Gasteiger partial charge in [0, 0.05) is 10.7 Å². The molecule has 0 radical (unpaired) electrons. The fourth-order valence-electron chi connectivity index (χ4n) is 1.43. The van der Waals surface area contributed by atoms with Gasteiger partial charge in [-0.05, 0) is 29.8 Å². The summed E-state index contributed by atoms with van der Waals surface area (Å²) in [6, 6.07) is 18.0. The highest BCUT2D eigenvalue weighted by Crippen LogP contribution is 2.15. The standard InChI is InChI=1S/C15H13BrN2/c16-14-9-4-10-15(12-14)18-17-11-5-8-13-6-2-1-3-7-13/h1-12,18H. The zero-order valence-corrected chi connectivity index (χ0v) is 11.3. The Morgan fingerprint density at radius 1 is 1.00 bits per heavy atom. The largest absolute Gasteiger partial charge is 0.278 e. The van der Waals surface area contributed by atoms with Gasteiger partial charge in [-0.15, -0.1) is 0 Å². The van der Waals surface area contributed by atoms with Gasteiger partial charge in [-0.25, -0.2) is 0 Å². The summed E-state index contributed by atoms with van der Waals surface area (Å²) >= 11 is 3.41. The monoisotopic (exact) mass is 300 g/mol. The minimum absolute atomic E-state index is 0.953. The second-order valence-electron chi connectivity index (χ2n) is 3.67. The van der Waals surface area contributed by atoms with E-state index in [0.29, 0.717) is 0 Å². The van der Waals surface area contributed by atoms with E-state index in [1.165, 1.54) is 0 Å². The summed E-state index contributed by atoms with van der Waals surface area (Å²) in [5.74, 6) is 0. The molecular formula is C15H13BrN2. The van der Waals surface area contributed by atoms with Crippen LogP contribution in [0.4, 0.5) is 5.69 Å². The van der Waals surface area contributed by atoms with Crippen LogP contribution in [0.3, 0.4) is 0 Å². The van der Waals surface area contributed by atoms with Crippen LogP contribution in [0.25, 0.3) is 6.08 Å². The lowest BCUT2D eigenvalue weighted by Gasteiger charge is -1.98. The van der Waals surface area contributed by atoms with Crippen LogP contribution in [0.5, 0.6) is 0 Å². The van der Waals surface area contributed by atoms with Gasteiger partial charge in [0.25, 0.3) is 0 Å². The van der Waals surface area contributed by atoms with Gasteiger partial charge < -0.3 is 0 Å². The third kappa shape index (κ3) is 4.18. The van der Waals surface area contributed by atoms with E-state index in [1.807, 2.05) is 66.7 Å². The molecule has 0 bridgehead atoms. The molecule has 0 aliphatic carbocycles. The fraction of sp³-hybridized carbons (Fsp3) is 0. The van der Waals surface area contributed by atoms with Crippen LogP contribution >= 0.6 is 15.9 Å². The summed E-state index contributed by atoms with van der Waals surface area (Å²) in [5, 5.41) is 4.12. The smallest absolute Gasteiger partial charge is 0.0573 e. The number of hydrogen-bond donors (Lipinski definition) is 1. The van der Waals surface area contributed by atoms with Crippen molar-refractivity contribution in [2.24, 2.45) is 5.10 Å². The van der Waals surface area contributed by atoms with E-state index in [9.17, 15) is 0 Å². The predicted octanol–water partition coefficient (Wildman–Crippen LogP) is 4.56. The van der Waals surface area contributed by atoms with Crippen LogP contribution in [0.1, 0.15) is 5.56 Å². The maximum Gasteiger partial charge on any atom is 0.0573 e. The normalized spacial score (nSPS) is 11.2. The van der Waals surface area contributed by atoms with Crippen molar-refractivity contribution < 1.29 is 0 Å². The molecule has 2 nitrogen and oxygen atoms in total. The first-order valence-corrected chi connectivity index (χ1v) is 6.40. The van der Waals surface area contributed by atoms with Crippen molar-refractivity contribution in [2.75, 3.05) is 5.43 Å². The highest BCUT2D eigenvalue weighted by Gasteiger charge is 1.89. The Morgan fingerprint density at radius 2 is 1.83 bits per heavy atom. The van der Waals surface area contributed by atoms with Crippen LogP contribution in [-0.4, -0.2) is 6.21 Å². The zero-order valence-electron chi connectivity index (χ0n) is 9.75. The Kier molecular flexibility index (Phi) is 4.73. The van der Waals surface area contributed by atoms with Crippen LogP contribution < -0.4 is 5.43 Å². The highest BCUT2D eigenvalue weighted by molar-refractivity contribution is 9.10. The van der Waals surface area contributed by atoms with Gasteiger partial charge in [-0.3, -0.25) is 5.43 Å². The second kappa shape index (κ2) is 6.77. The Hall–Kier alpha value is -1.87. The first-order chi connectivity index (χ1) is 8.84. The lowest BCUT2D eigenvalue weighted by atomic mass is 10.2. The third-order valence-electron chi connectivity index (χ3n) is 2.27. The first kappa shape index (κ1) is 12.6. The summed E-state index contributed by atoms with van der Waals surface area (Å²) in [6.07, 6.45) is 5.64. The molecule has 0 fully saturated rings. The Bertz CT molecular complexity index is 547. The van der Waals surface area contributed by atoms with E-state index in [2.05, 4.69) is 26.5 Å². The number of halogens is 1. The van der Waals surface area contributed by atoms with Gasteiger partial charge in [-0.1, -0.05) is 58.4 Å². The van der Waals surface area contributed by atoms with E-state index >= 15 is 0 Å². The second-order valence-corrected chi connectivity index (χ2v) is 4.59. The van der Waals surface area contributed by atoms with Crippen molar-refractivity contribution in [2.45, 2.75) is 0 Å². The van der Waals surface area contributed by atoms with Gasteiger partial charge in [0.15, 0.2) is 0 Å². The summed E-state index contributed by atoms with van der Waals surface area (Å²) in [7, 11) is 0. The van der Waals surface area contributed by atoms with E-state index in [1.54, 1.807) is 6.21 Å². The summed E-state index contributed by atoms with van der Waals surface area (Å²) in [4.78, 5) is 0. The van der Waals surface area contributed by atoms with Crippen LogP contribution in [0, 0.1) is 0 Å². The molecule has 0 atom stereocenters. The first-order valence-electron chi connectivity index (χ1n) is 5.61. The minimum atomic E-state index is 0.953. The molecule has 0 amide bonds. The maximum atomic E-state index is 4.12. The van der Waals surface area contributed by atoms with Crippen LogP contribution in [0.2, 0.25) is 0 Å². The van der Waals surface area contributed by atoms with Crippen molar-refractivity contribution in [1.29, 1.82) is 0 Å². The number of allylic oxidation sites excluding steroid dienone is 1. The quantitative estimate of drug-likeness (QED) is 0.649. The molecular weight excluding hydrogens is 288 g/mol. The van der Waals surface area contributed by atoms with Gasteiger partial charge in [0.2, 0.25) is 0 Å². The lowest BCUT2D eigenvalue weighted by Crippen LogP contribution is -1.87. The number of hydrogen-bond acceptors (Lipinski definition) is 2. The van der Waals surface area contributed by atoms with E-state index in [4.69, 9.17) is 0 Å². The molecule has 0 aliphatic rings. The van der Waals surface area contributed by atoms with Crippen molar-refractivity contribution in [3.05, 3.63) is 70.7 Å². The molecule has 0 unspecified atom stereocenters.